The number of hydrogen-bond acceptors (Lipinski definition) is 2. The standard InChI is InChI=1S/C9H7ClI2O2/c1-14-7-3-2-5(11)8(9(7)12)6(13)4-10/h2-3H,4H2,1H3. The van der Waals surface area contributed by atoms with Gasteiger partial charge in [-0.2, -0.15) is 0 Å². The van der Waals surface area contributed by atoms with Gasteiger partial charge in [-0.3, -0.25) is 4.79 Å². The van der Waals surface area contributed by atoms with E-state index in [1.54, 1.807) is 7.11 Å². The summed E-state index contributed by atoms with van der Waals surface area (Å²) in [5, 5.41) is 0. The molecule has 0 aromatic heterocycles. The van der Waals surface area contributed by atoms with E-state index >= 15 is 0 Å². The van der Waals surface area contributed by atoms with Gasteiger partial charge in [0.2, 0.25) is 0 Å². The van der Waals surface area contributed by atoms with Crippen LogP contribution in [0.1, 0.15) is 10.4 Å². The Kier molecular flexibility index (Phi) is 4.92. The quantitative estimate of drug-likeness (QED) is 0.413. The third-order valence-corrected chi connectivity index (χ3v) is 3.89. The highest BCUT2D eigenvalue weighted by Crippen LogP contribution is 2.28. The van der Waals surface area contributed by atoms with Crippen molar-refractivity contribution in [3.05, 3.63) is 24.8 Å². The Bertz CT molecular complexity index is 366. The smallest absolute Gasteiger partial charge is 0.179 e. The van der Waals surface area contributed by atoms with Gasteiger partial charge in [-0.15, -0.1) is 11.6 Å². The molecule has 14 heavy (non-hydrogen) atoms. The van der Waals surface area contributed by atoms with Gasteiger partial charge in [-0.05, 0) is 57.3 Å². The SMILES string of the molecule is COc1ccc(I)c(C(=O)CCl)c1I. The average Bonchev–Trinajstić information content (AvgIpc) is 2.18. The predicted octanol–water partition coefficient (Wildman–Crippen LogP) is 3.33. The first-order valence-corrected chi connectivity index (χ1v) is 6.42. The maximum Gasteiger partial charge on any atom is 0.179 e. The molecule has 0 bridgehead atoms. The zero-order chi connectivity index (χ0) is 10.7. The molecule has 0 aliphatic carbocycles. The van der Waals surface area contributed by atoms with Gasteiger partial charge in [0, 0.05) is 9.13 Å². The lowest BCUT2D eigenvalue weighted by atomic mass is 10.1. The van der Waals surface area contributed by atoms with E-state index in [0.29, 0.717) is 11.3 Å². The van der Waals surface area contributed by atoms with Crippen molar-refractivity contribution in [1.82, 2.24) is 0 Å². The van der Waals surface area contributed by atoms with Crippen molar-refractivity contribution in [1.29, 1.82) is 0 Å². The van der Waals surface area contributed by atoms with E-state index < -0.39 is 0 Å². The summed E-state index contributed by atoms with van der Waals surface area (Å²) in [5.41, 5.74) is 0.653. The van der Waals surface area contributed by atoms with E-state index in [1.165, 1.54) is 0 Å². The van der Waals surface area contributed by atoms with Crippen LogP contribution in [0.2, 0.25) is 0 Å². The maximum absolute atomic E-state index is 11.5. The van der Waals surface area contributed by atoms with Crippen LogP contribution in [-0.2, 0) is 0 Å². The number of carbonyl (C=O) groups is 1. The Hall–Kier alpha value is 0.440. The second kappa shape index (κ2) is 5.50. The normalized spacial score (nSPS) is 10.0. The summed E-state index contributed by atoms with van der Waals surface area (Å²) in [6, 6.07) is 3.69. The minimum Gasteiger partial charge on any atom is -0.496 e. The highest BCUT2D eigenvalue weighted by atomic mass is 127. The van der Waals surface area contributed by atoms with Crippen LogP contribution in [0.25, 0.3) is 0 Å². The Balaban J connectivity index is 3.32. The van der Waals surface area contributed by atoms with Gasteiger partial charge in [-0.1, -0.05) is 0 Å². The lowest BCUT2D eigenvalue weighted by molar-refractivity contribution is 0.101. The number of halogens is 3. The molecule has 0 heterocycles. The van der Waals surface area contributed by atoms with Crippen molar-refractivity contribution in [2.75, 3.05) is 13.0 Å². The molecule has 0 saturated heterocycles. The third-order valence-electron chi connectivity index (χ3n) is 1.68. The first-order valence-electron chi connectivity index (χ1n) is 3.73. The lowest BCUT2D eigenvalue weighted by Crippen LogP contribution is -2.07. The summed E-state index contributed by atoms with van der Waals surface area (Å²) >= 11 is 9.74. The van der Waals surface area contributed by atoms with E-state index in [2.05, 4.69) is 45.2 Å². The number of Topliss-reactive ketones (excluding diaryl/α,β-unsaturated/α-hetero) is 1. The molecular formula is C9H7ClI2O2. The van der Waals surface area contributed by atoms with E-state index in [0.717, 1.165) is 7.14 Å². The van der Waals surface area contributed by atoms with Gasteiger partial charge < -0.3 is 4.74 Å². The van der Waals surface area contributed by atoms with Crippen molar-refractivity contribution < 1.29 is 9.53 Å². The minimum absolute atomic E-state index is 0.000823. The second-order valence-electron chi connectivity index (χ2n) is 2.50. The summed E-state index contributed by atoms with van der Waals surface area (Å²) in [6.07, 6.45) is 0. The molecule has 0 spiro atoms. The van der Waals surface area contributed by atoms with Crippen LogP contribution < -0.4 is 4.74 Å². The molecule has 1 aromatic carbocycles. The molecule has 5 heteroatoms. The van der Waals surface area contributed by atoms with Crippen molar-refractivity contribution in [3.8, 4) is 5.75 Å². The number of ketones is 1. The number of ether oxygens (including phenoxy) is 1. The second-order valence-corrected chi connectivity index (χ2v) is 5.00. The molecule has 0 radical (unpaired) electrons. The van der Waals surface area contributed by atoms with Crippen molar-refractivity contribution in [2.45, 2.75) is 0 Å². The molecular weight excluding hydrogens is 429 g/mol. The molecule has 0 unspecified atom stereocenters. The Morgan fingerprint density at radius 3 is 2.64 bits per heavy atom. The fourth-order valence-corrected chi connectivity index (χ4v) is 3.40. The number of methoxy groups -OCH3 is 1. The average molecular weight is 436 g/mol. The molecule has 0 saturated carbocycles. The Morgan fingerprint density at radius 1 is 1.50 bits per heavy atom. The molecule has 0 fully saturated rings. The van der Waals surface area contributed by atoms with Crippen molar-refractivity contribution in [2.24, 2.45) is 0 Å². The zero-order valence-electron chi connectivity index (χ0n) is 7.31. The van der Waals surface area contributed by atoms with E-state index in [4.69, 9.17) is 16.3 Å². The predicted molar refractivity (Wildman–Crippen MR) is 73.5 cm³/mol. The Morgan fingerprint density at radius 2 is 2.14 bits per heavy atom. The fraction of sp³-hybridized carbons (Fsp3) is 0.222. The molecule has 0 aliphatic rings. The van der Waals surface area contributed by atoms with Gasteiger partial charge >= 0.3 is 0 Å². The van der Waals surface area contributed by atoms with E-state index in [9.17, 15) is 4.79 Å². The van der Waals surface area contributed by atoms with Gasteiger partial charge in [0.15, 0.2) is 5.78 Å². The van der Waals surface area contributed by atoms with Gasteiger partial charge in [0.25, 0.3) is 0 Å². The van der Waals surface area contributed by atoms with Crippen LogP contribution >= 0.6 is 56.8 Å². The van der Waals surface area contributed by atoms with E-state index in [1.807, 2.05) is 12.1 Å². The first-order chi connectivity index (χ1) is 6.61. The molecule has 0 atom stereocenters. The molecule has 0 aliphatic heterocycles. The van der Waals surface area contributed by atoms with Gasteiger partial charge in [0.1, 0.15) is 5.75 Å². The largest absolute Gasteiger partial charge is 0.496 e. The number of benzene rings is 1. The monoisotopic (exact) mass is 436 g/mol. The number of carbonyl (C=O) groups excluding carboxylic acids is 1. The Labute approximate surface area is 115 Å². The highest BCUT2D eigenvalue weighted by molar-refractivity contribution is 14.1. The minimum atomic E-state index is -0.0700. The number of hydrogen-bond donors (Lipinski definition) is 0. The van der Waals surface area contributed by atoms with Crippen molar-refractivity contribution in [3.63, 3.8) is 0 Å². The van der Waals surface area contributed by atoms with Crippen LogP contribution in [0.4, 0.5) is 0 Å². The first kappa shape index (κ1) is 12.5. The fourth-order valence-electron chi connectivity index (χ4n) is 1.01. The summed E-state index contributed by atoms with van der Waals surface area (Å²) < 4.78 is 6.85. The van der Waals surface area contributed by atoms with Gasteiger partial charge in [0.05, 0.1) is 16.6 Å². The molecule has 76 valence electrons. The van der Waals surface area contributed by atoms with Crippen LogP contribution in [0.15, 0.2) is 12.1 Å². The summed E-state index contributed by atoms with van der Waals surface area (Å²) in [6.45, 7) is 0. The number of alkyl halides is 1. The highest BCUT2D eigenvalue weighted by Gasteiger charge is 2.16. The zero-order valence-corrected chi connectivity index (χ0v) is 12.4. The summed E-state index contributed by atoms with van der Waals surface area (Å²) in [7, 11) is 1.58. The maximum atomic E-state index is 11.5. The van der Waals surface area contributed by atoms with E-state index in [-0.39, 0.29) is 11.7 Å². The molecule has 0 amide bonds. The van der Waals surface area contributed by atoms with Crippen LogP contribution in [0.5, 0.6) is 5.75 Å². The molecule has 1 rings (SSSR count). The third kappa shape index (κ3) is 2.52. The summed E-state index contributed by atoms with van der Waals surface area (Å²) in [5.74, 6) is 0.637. The molecule has 2 nitrogen and oxygen atoms in total. The topological polar surface area (TPSA) is 26.3 Å². The van der Waals surface area contributed by atoms with Crippen molar-refractivity contribution >= 4 is 62.6 Å². The summed E-state index contributed by atoms with van der Waals surface area (Å²) in [4.78, 5) is 11.5. The van der Waals surface area contributed by atoms with Crippen LogP contribution in [-0.4, -0.2) is 18.8 Å². The van der Waals surface area contributed by atoms with Crippen LogP contribution in [0.3, 0.4) is 0 Å². The van der Waals surface area contributed by atoms with Crippen LogP contribution in [0, 0.1) is 7.14 Å². The molecule has 0 N–H and O–H groups in total. The lowest BCUT2D eigenvalue weighted by Gasteiger charge is -2.09. The molecule has 1 aromatic rings. The number of rotatable bonds is 3. The van der Waals surface area contributed by atoms with Gasteiger partial charge in [-0.25, -0.2) is 0 Å².